The molecule has 0 spiro atoms. The lowest BCUT2D eigenvalue weighted by Crippen LogP contribution is -2.34. The van der Waals surface area contributed by atoms with Crippen LogP contribution >= 0.6 is 0 Å². The van der Waals surface area contributed by atoms with Crippen molar-refractivity contribution < 1.29 is 14.2 Å². The Morgan fingerprint density at radius 1 is 0.688 bits per heavy atom. The molecule has 0 aliphatic carbocycles. The molecule has 4 N–H and O–H groups in total. The van der Waals surface area contributed by atoms with Gasteiger partial charge in [-0.1, -0.05) is 76.8 Å². The molecule has 18 heteroatoms. The van der Waals surface area contributed by atoms with Gasteiger partial charge in [0.05, 0.1) is 40.2 Å². The van der Waals surface area contributed by atoms with Crippen molar-refractivity contribution >= 4 is 27.9 Å². The number of fused-ring (bicyclic) bond motifs is 2. The molecule has 8 rings (SSSR count). The number of aryl methyl sites for hydroxylation is 2. The number of H-pyrrole nitrogens is 2. The van der Waals surface area contributed by atoms with Crippen molar-refractivity contribution in [3.05, 3.63) is 89.1 Å². The van der Waals surface area contributed by atoms with Gasteiger partial charge >= 0.3 is 5.69 Å². The van der Waals surface area contributed by atoms with Crippen LogP contribution in [-0.4, -0.2) is 63.5 Å². The molecule has 0 aromatic carbocycles. The first-order valence-electron chi connectivity index (χ1n) is 27.7. The number of ether oxygens (including phenoxy) is 3. The summed E-state index contributed by atoms with van der Waals surface area (Å²) in [5.74, 6) is 20.6. The number of nitrogens with zero attached hydrogens (tertiary/aromatic N) is 9. The van der Waals surface area contributed by atoms with E-state index in [0.29, 0.717) is 64.5 Å². The smallest absolute Gasteiger partial charge is 0.330 e. The molecule has 9 atom stereocenters. The van der Waals surface area contributed by atoms with Crippen LogP contribution in [-0.2, 0) is 20.6 Å². The van der Waals surface area contributed by atoms with Crippen LogP contribution < -0.4 is 22.5 Å². The Balaban J connectivity index is 0.000000188. The van der Waals surface area contributed by atoms with Crippen molar-refractivity contribution in [3.8, 4) is 48.4 Å². The molecule has 3 unspecified atom stereocenters. The third-order valence-corrected chi connectivity index (χ3v) is 14.7. The van der Waals surface area contributed by atoms with E-state index in [1.807, 2.05) is 17.0 Å². The fraction of sp³-hybridized carbons (Fsp3) is 0.593. The number of hydrogen-bond donors (Lipinski definition) is 3. The van der Waals surface area contributed by atoms with E-state index < -0.39 is 5.69 Å². The maximum Gasteiger partial charge on any atom is 0.330 e. The lowest BCUT2D eigenvalue weighted by Gasteiger charge is -2.16. The second-order valence-electron chi connectivity index (χ2n) is 20.5. The van der Waals surface area contributed by atoms with Gasteiger partial charge in [-0.3, -0.25) is 19.1 Å². The molecule has 3 aliphatic rings. The zero-order chi connectivity index (χ0) is 55.4. The molecular formula is C59H78N12O6. The van der Waals surface area contributed by atoms with Crippen molar-refractivity contribution in [2.75, 3.05) is 12.3 Å². The van der Waals surface area contributed by atoms with Crippen molar-refractivity contribution in [2.24, 2.45) is 22.9 Å². The minimum absolute atomic E-state index is 0.0297. The van der Waals surface area contributed by atoms with Crippen LogP contribution in [0.1, 0.15) is 192 Å². The number of rotatable bonds is 18. The minimum atomic E-state index is -0.416. The number of nitrogens with one attached hydrogen (secondary N) is 2. The molecule has 3 aliphatic heterocycles. The second kappa shape index (κ2) is 29.5. The number of anilines is 1. The number of hydrogen-bond acceptors (Lipinski definition) is 11. The van der Waals surface area contributed by atoms with Crippen LogP contribution in [0.4, 0.5) is 5.82 Å². The summed E-state index contributed by atoms with van der Waals surface area (Å²) >= 11 is 0. The third-order valence-electron chi connectivity index (χ3n) is 14.7. The molecule has 77 heavy (non-hydrogen) atoms. The van der Waals surface area contributed by atoms with Crippen molar-refractivity contribution in [1.82, 2.24) is 38.6 Å². The SMILES string of the molecule is C#CCCCCC#Cc1cn([C@H]2CC(C)[C@@H](CC)O2)c2nc(C)[nH]c(=O)c12.C#CCCCCC#Cc1cn([C@H]2CC(C)[C@@H](CC)O2)c2ncnc(N)c12.CC[C@H]1O[C@@H](n2cc(CCCCCN=[N+]=[N-])c(=O)[nH]c2=O)CC1C. The number of terminal acetylenes is 2. The lowest BCUT2D eigenvalue weighted by atomic mass is 10.0. The summed E-state index contributed by atoms with van der Waals surface area (Å²) in [5.41, 5.74) is 17.1. The molecule has 0 amide bonds. The molecule has 410 valence electrons. The van der Waals surface area contributed by atoms with Gasteiger partial charge in [0, 0.05) is 61.3 Å². The topological polar surface area (TPSA) is 239 Å². The van der Waals surface area contributed by atoms with Crippen LogP contribution in [0.3, 0.4) is 0 Å². The molecule has 3 saturated heterocycles. The van der Waals surface area contributed by atoms with E-state index in [1.54, 1.807) is 13.1 Å². The van der Waals surface area contributed by atoms with Crippen molar-refractivity contribution in [3.63, 3.8) is 0 Å². The van der Waals surface area contributed by atoms with Gasteiger partial charge in [-0.25, -0.2) is 19.7 Å². The summed E-state index contributed by atoms with van der Waals surface area (Å²) in [5, 5.41) is 4.85. The maximum atomic E-state index is 12.6. The quantitative estimate of drug-likeness (QED) is 0.0247. The fourth-order valence-electron chi connectivity index (χ4n) is 10.5. The Morgan fingerprint density at radius 3 is 1.73 bits per heavy atom. The molecule has 0 bridgehead atoms. The van der Waals surface area contributed by atoms with Crippen molar-refractivity contribution in [2.45, 2.75) is 201 Å². The number of aromatic amines is 2. The highest BCUT2D eigenvalue weighted by Crippen LogP contribution is 2.39. The van der Waals surface area contributed by atoms with Gasteiger partial charge in [-0.05, 0) is 114 Å². The van der Waals surface area contributed by atoms with E-state index in [-0.39, 0.29) is 48.1 Å². The molecule has 0 saturated carbocycles. The van der Waals surface area contributed by atoms with Gasteiger partial charge in [0.25, 0.3) is 11.1 Å². The predicted octanol–water partition coefficient (Wildman–Crippen LogP) is 10.7. The van der Waals surface area contributed by atoms with Gasteiger partial charge in [-0.15, -0.1) is 24.7 Å². The van der Waals surface area contributed by atoms with Crippen LogP contribution in [0, 0.1) is 73.0 Å². The maximum absolute atomic E-state index is 12.6. The molecule has 5 aromatic rings. The Hall–Kier alpha value is -7.05. The van der Waals surface area contributed by atoms with Crippen LogP contribution in [0.2, 0.25) is 0 Å². The van der Waals surface area contributed by atoms with E-state index in [2.05, 4.69) is 117 Å². The zero-order valence-electron chi connectivity index (χ0n) is 46.1. The predicted molar refractivity (Wildman–Crippen MR) is 302 cm³/mol. The molecule has 8 heterocycles. The summed E-state index contributed by atoms with van der Waals surface area (Å²) in [7, 11) is 0. The highest BCUT2D eigenvalue weighted by molar-refractivity contribution is 5.92. The molecule has 18 nitrogen and oxygen atoms in total. The molecule has 3 fully saturated rings. The monoisotopic (exact) mass is 1050 g/mol. The van der Waals surface area contributed by atoms with Gasteiger partial charge < -0.3 is 34.1 Å². The highest BCUT2D eigenvalue weighted by Gasteiger charge is 2.35. The third kappa shape index (κ3) is 15.6. The number of aromatic nitrogens is 8. The van der Waals surface area contributed by atoms with Crippen LogP contribution in [0.5, 0.6) is 0 Å². The summed E-state index contributed by atoms with van der Waals surface area (Å²) in [6.45, 7) is 15.2. The first-order chi connectivity index (χ1) is 37.3. The van der Waals surface area contributed by atoms with Crippen LogP contribution in [0.15, 0.2) is 44.4 Å². The average molecular weight is 1050 g/mol. The second-order valence-corrected chi connectivity index (χ2v) is 20.5. The van der Waals surface area contributed by atoms with Gasteiger partial charge in [0.15, 0.2) is 5.65 Å². The lowest BCUT2D eigenvalue weighted by molar-refractivity contribution is -0.00773. The number of unbranched alkanes of at least 4 members (excludes halogenated alkanes) is 8. The summed E-state index contributed by atoms with van der Waals surface area (Å²) in [6, 6.07) is 0. The largest absolute Gasteiger partial charge is 0.383 e. The summed E-state index contributed by atoms with van der Waals surface area (Å²) < 4.78 is 24.0. The first-order valence-corrected chi connectivity index (χ1v) is 27.7. The summed E-state index contributed by atoms with van der Waals surface area (Å²) in [4.78, 5) is 57.7. The Labute approximate surface area is 452 Å². The number of nitrogens with two attached hydrogens (primary N) is 1. The van der Waals surface area contributed by atoms with Gasteiger partial charge in [0.1, 0.15) is 42.3 Å². The standard InChI is InChI=1S/C22H27N3O2.C21H26N4O.C16H25N5O3/c1-5-7-8-9-10-11-12-17-14-25(19-13-15(3)18(6-2)27-19)21-20(17)22(26)24-16(4)23-21;1-4-6-7-8-9-10-11-16-13-25(18-12-15(3)17(5-2)26-18)21-19(16)20(22)23-14-24-21;1-3-13-11(2)9-14(24-13)21-10-12(15(22)19-16(21)23)7-5-4-6-8-18-20-17/h1,14-15,18-19H,6-10,13H2,2-4H3,(H,23,24,26);1,13-15,17-18H,5-9,12H2,2-3H3,(H2,22,23,24);10-11,13-14H,3-9H2,1-2H3,(H,19,22,23)/t15?,18-,19-;15?,17-,18-;11?,13-,14-/m111/s1. The Morgan fingerprint density at radius 2 is 1.21 bits per heavy atom. The summed E-state index contributed by atoms with van der Waals surface area (Å²) in [6.07, 6.45) is 33.6. The zero-order valence-corrected chi connectivity index (χ0v) is 46.1. The van der Waals surface area contributed by atoms with E-state index >= 15 is 0 Å². The number of nitrogen functional groups attached to an aromatic ring is 1. The van der Waals surface area contributed by atoms with E-state index in [9.17, 15) is 14.4 Å². The van der Waals surface area contributed by atoms with E-state index in [4.69, 9.17) is 38.3 Å². The van der Waals surface area contributed by atoms with E-state index in [1.165, 1.54) is 10.9 Å². The van der Waals surface area contributed by atoms with Gasteiger partial charge in [0.2, 0.25) is 0 Å². The average Bonchev–Trinajstić information content (AvgIpc) is 4.28. The molecule has 0 radical (unpaired) electrons. The minimum Gasteiger partial charge on any atom is -0.383 e. The molecular weight excluding hydrogens is 973 g/mol. The van der Waals surface area contributed by atoms with Crippen molar-refractivity contribution in [1.29, 1.82) is 0 Å². The normalized spacial score (nSPS) is 22.3. The highest BCUT2D eigenvalue weighted by atomic mass is 16.5. The Bertz CT molecular complexity index is 3220. The van der Waals surface area contributed by atoms with Gasteiger partial charge in [-0.2, -0.15) is 0 Å². The Kier molecular flexibility index (Phi) is 22.7. The number of azide groups is 1. The van der Waals surface area contributed by atoms with Crippen LogP contribution in [0.25, 0.3) is 32.5 Å². The van der Waals surface area contributed by atoms with E-state index in [0.717, 1.165) is 126 Å². The fourth-order valence-corrected chi connectivity index (χ4v) is 10.5. The first kappa shape index (κ1) is 59.2. The molecule has 5 aromatic heterocycles.